The third-order valence-corrected chi connectivity index (χ3v) is 13.9. The Morgan fingerprint density at radius 1 is 0.844 bits per heavy atom. The summed E-state index contributed by atoms with van der Waals surface area (Å²) in [5, 5.41) is 15.2. The molecular formula is C48H54F3N7O6. The molecule has 0 spiro atoms. The summed E-state index contributed by atoms with van der Waals surface area (Å²) in [4.78, 5) is 63.3. The van der Waals surface area contributed by atoms with E-state index >= 15 is 0 Å². The van der Waals surface area contributed by atoms with Gasteiger partial charge in [-0.05, 0) is 130 Å². The van der Waals surface area contributed by atoms with Crippen molar-refractivity contribution in [3.05, 3.63) is 101 Å². The Labute approximate surface area is 369 Å². The van der Waals surface area contributed by atoms with Gasteiger partial charge in [0.25, 0.3) is 17.7 Å². The van der Waals surface area contributed by atoms with Crippen LogP contribution in [0, 0.1) is 11.8 Å². The number of allylic oxidation sites excluding steroid dienone is 1. The molecule has 64 heavy (non-hydrogen) atoms. The molecule has 3 aromatic carbocycles. The number of aliphatic hydroxyl groups is 1. The number of benzene rings is 3. The summed E-state index contributed by atoms with van der Waals surface area (Å²) in [5.41, 5.74) is 2.80. The first-order valence-corrected chi connectivity index (χ1v) is 22.5. The van der Waals surface area contributed by atoms with Crippen LogP contribution in [-0.2, 0) is 17.5 Å². The molecule has 5 aliphatic rings. The van der Waals surface area contributed by atoms with Crippen molar-refractivity contribution >= 4 is 40.6 Å². The Morgan fingerprint density at radius 2 is 1.56 bits per heavy atom. The number of imidazole rings is 1. The minimum atomic E-state index is -4.57. The molecular weight excluding hydrogens is 828 g/mol. The topological polar surface area (TPSA) is 149 Å². The van der Waals surface area contributed by atoms with Crippen molar-refractivity contribution in [3.8, 4) is 5.75 Å². The largest absolute Gasteiger partial charge is 0.490 e. The summed E-state index contributed by atoms with van der Waals surface area (Å²) < 4.78 is 48.7. The maximum absolute atomic E-state index is 13.5. The molecule has 3 aliphatic heterocycles. The van der Waals surface area contributed by atoms with E-state index < -0.39 is 41.4 Å². The number of rotatable bonds is 11. The third-order valence-electron chi connectivity index (χ3n) is 13.9. The van der Waals surface area contributed by atoms with Crippen LogP contribution < -0.4 is 15.4 Å². The average molecular weight is 882 g/mol. The van der Waals surface area contributed by atoms with Gasteiger partial charge in [-0.2, -0.15) is 13.2 Å². The highest BCUT2D eigenvalue weighted by molar-refractivity contribution is 6.23. The number of halogens is 3. The first-order chi connectivity index (χ1) is 30.8. The number of nitrogens with one attached hydrogen (secondary N) is 2. The number of amides is 4. The van der Waals surface area contributed by atoms with Crippen molar-refractivity contribution < 1.29 is 42.2 Å². The van der Waals surface area contributed by atoms with Gasteiger partial charge in [0.2, 0.25) is 11.9 Å². The first-order valence-electron chi connectivity index (χ1n) is 22.5. The molecule has 1 unspecified atom stereocenters. The number of hydrogen-bond donors (Lipinski definition) is 3. The Kier molecular flexibility index (Phi) is 12.4. The van der Waals surface area contributed by atoms with E-state index in [4.69, 9.17) is 9.72 Å². The molecule has 338 valence electrons. The highest BCUT2D eigenvalue weighted by atomic mass is 19.4. The van der Waals surface area contributed by atoms with Gasteiger partial charge in [-0.25, -0.2) is 4.98 Å². The smallest absolute Gasteiger partial charge is 0.416 e. The van der Waals surface area contributed by atoms with Gasteiger partial charge in [0, 0.05) is 63.2 Å². The minimum Gasteiger partial charge on any atom is -0.490 e. The number of hydrogen-bond acceptors (Lipinski definition) is 9. The van der Waals surface area contributed by atoms with Crippen molar-refractivity contribution in [3.63, 3.8) is 0 Å². The molecule has 2 saturated heterocycles. The number of carbonyl (C=O) groups excluding carboxylic acids is 4. The van der Waals surface area contributed by atoms with E-state index in [1.165, 1.54) is 12.1 Å². The summed E-state index contributed by atoms with van der Waals surface area (Å²) >= 11 is 0. The van der Waals surface area contributed by atoms with Crippen molar-refractivity contribution in [1.82, 2.24) is 29.6 Å². The summed E-state index contributed by atoms with van der Waals surface area (Å²) in [6, 6.07) is 14.7. The number of nitrogens with zero attached hydrogens (tertiary/aromatic N) is 5. The van der Waals surface area contributed by atoms with E-state index in [2.05, 4.69) is 33.1 Å². The van der Waals surface area contributed by atoms with Crippen LogP contribution in [0.5, 0.6) is 5.75 Å². The van der Waals surface area contributed by atoms with Gasteiger partial charge in [0.1, 0.15) is 11.8 Å². The second kappa shape index (κ2) is 18.1. The Morgan fingerprint density at radius 3 is 2.28 bits per heavy atom. The van der Waals surface area contributed by atoms with Gasteiger partial charge < -0.3 is 24.6 Å². The standard InChI is InChI=1S/C48H54F3N7O6/c1-29-5-17-42(44(61)52-29)58-45(62)38-16-15-37(25-39(38)46(58)63)64-36-13-8-30(9-14-36)26-55-19-21-56(22-20-55)27-32-10-18-41-40(23-32)53-47(57(41)35-11-6-31(28-59)7-12-35)54-43(60)33-3-2-4-34(24-33)48(49,50)51/h2-4,10,15-16,18,23-25,30-31,35-36,42,59H,1,5-9,11-14,17,19-22,26-28H2,(H,52,61)(H,53,54,60). The monoisotopic (exact) mass is 881 g/mol. The number of fused-ring (bicyclic) bond motifs is 2. The summed E-state index contributed by atoms with van der Waals surface area (Å²) in [5.74, 6) is -0.347. The fraction of sp³-hybridized carbons (Fsp3) is 0.479. The number of piperidine rings is 1. The number of anilines is 1. The van der Waals surface area contributed by atoms with E-state index in [0.717, 1.165) is 119 Å². The predicted molar refractivity (Wildman–Crippen MR) is 233 cm³/mol. The van der Waals surface area contributed by atoms with E-state index in [9.17, 15) is 37.5 Å². The van der Waals surface area contributed by atoms with Crippen molar-refractivity contribution in [2.75, 3.05) is 44.6 Å². The molecule has 0 radical (unpaired) electrons. The van der Waals surface area contributed by atoms with Crippen LogP contribution in [0.15, 0.2) is 72.9 Å². The lowest BCUT2D eigenvalue weighted by molar-refractivity contribution is -0.137. The molecule has 4 amide bonds. The summed E-state index contributed by atoms with van der Waals surface area (Å²) in [7, 11) is 0. The number of imide groups is 1. The summed E-state index contributed by atoms with van der Waals surface area (Å²) in [6.45, 7) is 9.39. The molecule has 2 aliphatic carbocycles. The predicted octanol–water partition coefficient (Wildman–Crippen LogP) is 7.17. The fourth-order valence-corrected chi connectivity index (χ4v) is 10.3. The van der Waals surface area contributed by atoms with Crippen LogP contribution in [0.2, 0.25) is 0 Å². The maximum atomic E-state index is 13.5. The molecule has 9 rings (SSSR count). The number of aromatic nitrogens is 2. The number of ether oxygens (including phenoxy) is 1. The zero-order valence-corrected chi connectivity index (χ0v) is 35.7. The quantitative estimate of drug-likeness (QED) is 0.133. The van der Waals surface area contributed by atoms with E-state index in [1.54, 1.807) is 18.2 Å². The van der Waals surface area contributed by atoms with Crippen molar-refractivity contribution in [2.24, 2.45) is 11.8 Å². The molecule has 16 heteroatoms. The van der Waals surface area contributed by atoms with Gasteiger partial charge in [0.15, 0.2) is 0 Å². The maximum Gasteiger partial charge on any atom is 0.416 e. The number of piperazine rings is 1. The molecule has 13 nitrogen and oxygen atoms in total. The Hall–Kier alpha value is -5.58. The molecule has 1 aromatic heterocycles. The Bertz CT molecular complexity index is 2450. The lowest BCUT2D eigenvalue weighted by Crippen LogP contribution is -2.51. The number of carbonyl (C=O) groups is 4. The SMILES string of the molecule is C=C1CCC(N2C(=O)c3ccc(OC4CCC(CN5CCN(Cc6ccc7c(c6)nc(NC(=O)c6cccc(C(F)(F)F)c6)n7C6CCC(CO)CC6)CC5)CC4)cc3C2=O)C(=O)N1. The lowest BCUT2D eigenvalue weighted by Gasteiger charge is -2.38. The molecule has 2 saturated carbocycles. The van der Waals surface area contributed by atoms with Crippen molar-refractivity contribution in [2.45, 2.75) is 95.1 Å². The van der Waals surface area contributed by atoms with Gasteiger partial charge in [-0.15, -0.1) is 0 Å². The van der Waals surface area contributed by atoms with Gasteiger partial charge in [0.05, 0.1) is 33.8 Å². The minimum absolute atomic E-state index is 0.0114. The zero-order chi connectivity index (χ0) is 44.7. The van der Waals surface area contributed by atoms with Gasteiger partial charge in [-0.1, -0.05) is 18.7 Å². The van der Waals surface area contributed by atoms with Gasteiger partial charge in [-0.3, -0.25) is 34.3 Å². The molecule has 4 heterocycles. The van der Waals surface area contributed by atoms with E-state index in [1.807, 2.05) is 16.7 Å². The molecule has 4 aromatic rings. The normalized spacial score (nSPS) is 24.8. The van der Waals surface area contributed by atoms with E-state index in [-0.39, 0.29) is 41.4 Å². The van der Waals surface area contributed by atoms with Crippen molar-refractivity contribution in [1.29, 1.82) is 0 Å². The lowest BCUT2D eigenvalue weighted by atomic mass is 9.86. The number of aliphatic hydroxyl groups excluding tert-OH is 1. The third kappa shape index (κ3) is 9.18. The highest BCUT2D eigenvalue weighted by Gasteiger charge is 2.44. The summed E-state index contributed by atoms with van der Waals surface area (Å²) in [6.07, 6.45) is 3.37. The van der Waals surface area contributed by atoms with Crippen LogP contribution in [0.25, 0.3) is 11.0 Å². The molecule has 4 fully saturated rings. The molecule has 0 bridgehead atoms. The average Bonchev–Trinajstić information content (AvgIpc) is 3.76. The molecule has 3 N–H and O–H groups in total. The second-order valence-electron chi connectivity index (χ2n) is 18.2. The fourth-order valence-electron chi connectivity index (χ4n) is 10.3. The first kappa shape index (κ1) is 43.7. The Balaban J connectivity index is 0.773. The van der Waals surface area contributed by atoms with Crippen LogP contribution in [-0.4, -0.2) is 104 Å². The van der Waals surface area contributed by atoms with Crippen LogP contribution >= 0.6 is 0 Å². The van der Waals surface area contributed by atoms with Crippen LogP contribution in [0.1, 0.15) is 112 Å². The highest BCUT2D eigenvalue weighted by Crippen LogP contribution is 2.38. The number of alkyl halides is 3. The zero-order valence-electron chi connectivity index (χ0n) is 35.7. The molecule has 1 atom stereocenters. The van der Waals surface area contributed by atoms with Gasteiger partial charge >= 0.3 is 6.18 Å². The van der Waals surface area contributed by atoms with Crippen LogP contribution in [0.4, 0.5) is 19.1 Å². The van der Waals surface area contributed by atoms with Crippen LogP contribution in [0.3, 0.4) is 0 Å². The second-order valence-corrected chi connectivity index (χ2v) is 18.2. The van der Waals surface area contributed by atoms with E-state index in [0.29, 0.717) is 41.7 Å².